The van der Waals surface area contributed by atoms with Crippen molar-refractivity contribution in [3.63, 3.8) is 0 Å². The molecule has 1 atom stereocenters. The molecule has 0 radical (unpaired) electrons. The van der Waals surface area contributed by atoms with Crippen LogP contribution in [0.3, 0.4) is 0 Å². The summed E-state index contributed by atoms with van der Waals surface area (Å²) >= 11 is 0. The number of methoxy groups -OCH3 is 1. The van der Waals surface area contributed by atoms with E-state index in [4.69, 9.17) is 14.2 Å². The number of carboxylic acids is 1. The monoisotopic (exact) mass is 413 g/mol. The molecule has 2 aromatic rings. The van der Waals surface area contributed by atoms with E-state index in [-0.39, 0.29) is 17.5 Å². The van der Waals surface area contributed by atoms with Crippen molar-refractivity contribution in [3.05, 3.63) is 45.2 Å². The van der Waals surface area contributed by atoms with Crippen molar-refractivity contribution in [3.8, 4) is 22.8 Å². The molecule has 0 spiro atoms. The third-order valence-corrected chi connectivity index (χ3v) is 5.90. The summed E-state index contributed by atoms with van der Waals surface area (Å²) in [5.41, 5.74) is 3.22. The molecule has 0 aliphatic carbocycles. The number of ether oxygens (including phenoxy) is 3. The van der Waals surface area contributed by atoms with Crippen LogP contribution >= 0.6 is 0 Å². The van der Waals surface area contributed by atoms with Gasteiger partial charge in [0, 0.05) is 56.0 Å². The van der Waals surface area contributed by atoms with E-state index in [1.54, 1.807) is 7.11 Å². The van der Waals surface area contributed by atoms with Crippen molar-refractivity contribution in [2.45, 2.75) is 39.2 Å². The third kappa shape index (κ3) is 3.47. The van der Waals surface area contributed by atoms with Gasteiger partial charge in [0.1, 0.15) is 5.56 Å². The maximum Gasteiger partial charge on any atom is 0.341 e. The van der Waals surface area contributed by atoms with E-state index in [1.807, 2.05) is 10.6 Å². The second-order valence-electron chi connectivity index (χ2n) is 8.17. The lowest BCUT2D eigenvalue weighted by atomic mass is 9.84. The minimum atomic E-state index is -1.20. The summed E-state index contributed by atoms with van der Waals surface area (Å²) in [6.45, 7) is 5.94. The summed E-state index contributed by atoms with van der Waals surface area (Å²) in [6.07, 6.45) is 3.76. The Labute approximate surface area is 175 Å². The molecule has 4 rings (SSSR count). The van der Waals surface area contributed by atoms with Gasteiger partial charge in [-0.15, -0.1) is 0 Å². The molecule has 1 N–H and O–H groups in total. The van der Waals surface area contributed by atoms with Gasteiger partial charge in [0.15, 0.2) is 16.9 Å². The number of fused-ring (bicyclic) bond motifs is 5. The molecule has 0 amide bonds. The van der Waals surface area contributed by atoms with Gasteiger partial charge < -0.3 is 23.9 Å². The molecule has 0 fully saturated rings. The molecule has 1 aromatic carbocycles. The fourth-order valence-electron chi connectivity index (χ4n) is 4.44. The van der Waals surface area contributed by atoms with Gasteiger partial charge in [-0.1, -0.05) is 13.8 Å². The van der Waals surface area contributed by atoms with Gasteiger partial charge in [-0.05, 0) is 24.0 Å². The first-order chi connectivity index (χ1) is 14.4. The molecule has 0 bridgehead atoms. The second kappa shape index (κ2) is 8.14. The maximum atomic E-state index is 12.5. The molecule has 0 saturated heterocycles. The minimum absolute atomic E-state index is 0.0490. The summed E-state index contributed by atoms with van der Waals surface area (Å²) in [5.74, 6) is 0.530. The molecule has 0 saturated carbocycles. The van der Waals surface area contributed by atoms with Crippen LogP contribution in [-0.4, -0.2) is 42.6 Å². The highest BCUT2D eigenvalue weighted by atomic mass is 16.5. The predicted octanol–water partition coefficient (Wildman–Crippen LogP) is 3.32. The molecule has 30 heavy (non-hydrogen) atoms. The largest absolute Gasteiger partial charge is 0.490 e. The highest BCUT2D eigenvalue weighted by molar-refractivity contribution is 5.88. The van der Waals surface area contributed by atoms with Gasteiger partial charge in [-0.25, -0.2) is 4.79 Å². The summed E-state index contributed by atoms with van der Waals surface area (Å²) in [5, 5.41) is 9.44. The van der Waals surface area contributed by atoms with E-state index in [0.717, 1.165) is 53.1 Å². The van der Waals surface area contributed by atoms with Crippen molar-refractivity contribution in [2.75, 3.05) is 26.9 Å². The van der Waals surface area contributed by atoms with Crippen LogP contribution in [0.1, 0.15) is 47.8 Å². The zero-order valence-corrected chi connectivity index (χ0v) is 17.6. The van der Waals surface area contributed by atoms with Crippen molar-refractivity contribution in [1.29, 1.82) is 0 Å². The minimum Gasteiger partial charge on any atom is -0.490 e. The van der Waals surface area contributed by atoms with Crippen molar-refractivity contribution < 1.29 is 24.1 Å². The Morgan fingerprint density at radius 1 is 1.33 bits per heavy atom. The Morgan fingerprint density at radius 2 is 2.13 bits per heavy atom. The van der Waals surface area contributed by atoms with Gasteiger partial charge >= 0.3 is 5.97 Å². The van der Waals surface area contributed by atoms with Crippen LogP contribution in [-0.2, 0) is 17.6 Å². The molecular formula is C23H27NO6. The van der Waals surface area contributed by atoms with E-state index >= 15 is 0 Å². The van der Waals surface area contributed by atoms with Crippen molar-refractivity contribution in [1.82, 2.24) is 4.57 Å². The number of carbonyl (C=O) groups is 1. The number of pyridine rings is 1. The van der Waals surface area contributed by atoms with Gasteiger partial charge in [0.25, 0.3) is 0 Å². The van der Waals surface area contributed by atoms with Crippen LogP contribution in [0.15, 0.2) is 23.1 Å². The van der Waals surface area contributed by atoms with Crippen LogP contribution in [0, 0.1) is 5.92 Å². The number of rotatable bonds is 7. The van der Waals surface area contributed by atoms with Crippen LogP contribution in [0.5, 0.6) is 11.5 Å². The third-order valence-electron chi connectivity index (χ3n) is 5.90. The standard InChI is InChI=1S/C23H27NO6/c1-13(2)17-9-14-10-20(29-7-4-6-28-3)22-15(5-8-30-22)21(14)18-11-19(25)16(23(26)27)12-24(17)18/h10-13,17H,4-9H2,1-3H3,(H,26,27). The zero-order valence-electron chi connectivity index (χ0n) is 17.6. The average Bonchev–Trinajstić information content (AvgIpc) is 3.19. The fourth-order valence-corrected chi connectivity index (χ4v) is 4.44. The lowest BCUT2D eigenvalue weighted by molar-refractivity contribution is 0.0694. The van der Waals surface area contributed by atoms with Gasteiger partial charge in [-0.3, -0.25) is 4.79 Å². The maximum absolute atomic E-state index is 12.5. The first-order valence-electron chi connectivity index (χ1n) is 10.4. The van der Waals surface area contributed by atoms with Crippen LogP contribution in [0.25, 0.3) is 11.3 Å². The number of aromatic carboxylic acids is 1. The smallest absolute Gasteiger partial charge is 0.341 e. The molecule has 1 unspecified atom stereocenters. The molecule has 7 nitrogen and oxygen atoms in total. The average molecular weight is 413 g/mol. The van der Waals surface area contributed by atoms with Gasteiger partial charge in [-0.2, -0.15) is 0 Å². The molecule has 3 heterocycles. The van der Waals surface area contributed by atoms with Crippen molar-refractivity contribution >= 4 is 5.97 Å². The summed E-state index contributed by atoms with van der Waals surface area (Å²) in [6, 6.07) is 3.54. The summed E-state index contributed by atoms with van der Waals surface area (Å²) in [4.78, 5) is 24.1. The van der Waals surface area contributed by atoms with Crippen LogP contribution in [0.2, 0.25) is 0 Å². The van der Waals surface area contributed by atoms with E-state index in [9.17, 15) is 14.7 Å². The number of hydrogen-bond acceptors (Lipinski definition) is 5. The number of benzene rings is 1. The molecule has 2 aliphatic rings. The van der Waals surface area contributed by atoms with E-state index in [2.05, 4.69) is 13.8 Å². The van der Waals surface area contributed by atoms with E-state index < -0.39 is 11.4 Å². The van der Waals surface area contributed by atoms with Gasteiger partial charge in [0.2, 0.25) is 0 Å². The molecular weight excluding hydrogens is 386 g/mol. The van der Waals surface area contributed by atoms with E-state index in [0.29, 0.717) is 19.8 Å². The Morgan fingerprint density at radius 3 is 2.83 bits per heavy atom. The molecule has 1 aromatic heterocycles. The number of nitrogens with zero attached hydrogens (tertiary/aromatic N) is 1. The highest BCUT2D eigenvalue weighted by Crippen LogP contribution is 2.48. The number of carboxylic acid groups (broad SMARTS) is 1. The molecule has 160 valence electrons. The summed E-state index contributed by atoms with van der Waals surface area (Å²) in [7, 11) is 1.67. The predicted molar refractivity (Wildman–Crippen MR) is 112 cm³/mol. The fraction of sp³-hybridized carbons (Fsp3) is 0.478. The topological polar surface area (TPSA) is 87.0 Å². The normalized spacial score (nSPS) is 16.6. The Balaban J connectivity index is 1.86. The number of aromatic nitrogens is 1. The highest BCUT2D eigenvalue weighted by Gasteiger charge is 2.33. The molecule has 7 heteroatoms. The first-order valence-corrected chi connectivity index (χ1v) is 10.4. The van der Waals surface area contributed by atoms with Crippen LogP contribution in [0.4, 0.5) is 0 Å². The van der Waals surface area contributed by atoms with Crippen LogP contribution < -0.4 is 14.9 Å². The first kappa shape index (κ1) is 20.5. The molecule has 2 aliphatic heterocycles. The quantitative estimate of drug-likeness (QED) is 0.701. The number of hydrogen-bond donors (Lipinski definition) is 1. The zero-order chi connectivity index (χ0) is 21.4. The Hall–Kier alpha value is -2.80. The van der Waals surface area contributed by atoms with Gasteiger partial charge in [0.05, 0.1) is 18.9 Å². The Kier molecular flexibility index (Phi) is 5.56. The SMILES string of the molecule is COCCCOc1cc2c(c3c1OCC3)-c1cc(=O)c(C(=O)O)cn1C(C(C)C)C2. The summed E-state index contributed by atoms with van der Waals surface area (Å²) < 4.78 is 19.0. The lowest BCUT2D eigenvalue weighted by Crippen LogP contribution is -2.28. The van der Waals surface area contributed by atoms with Crippen molar-refractivity contribution in [2.24, 2.45) is 5.92 Å². The second-order valence-corrected chi connectivity index (χ2v) is 8.17. The Bertz CT molecular complexity index is 1040. The van der Waals surface area contributed by atoms with E-state index in [1.165, 1.54) is 12.3 Å². The lowest BCUT2D eigenvalue weighted by Gasteiger charge is -2.34.